The van der Waals surface area contributed by atoms with E-state index in [-0.39, 0.29) is 24.0 Å². The number of carbonyl (C=O) groups is 2. The van der Waals surface area contributed by atoms with Gasteiger partial charge in [-0.25, -0.2) is 0 Å². The molecule has 1 aromatic heterocycles. The van der Waals surface area contributed by atoms with Gasteiger partial charge in [0.15, 0.2) is 5.16 Å². The van der Waals surface area contributed by atoms with Crippen LogP contribution < -0.4 is 15.4 Å². The quantitative estimate of drug-likeness (QED) is 0.292. The maximum atomic E-state index is 12.6. The fourth-order valence-corrected chi connectivity index (χ4v) is 4.10. The van der Waals surface area contributed by atoms with Crippen LogP contribution in [-0.2, 0) is 22.6 Å². The second kappa shape index (κ2) is 12.2. The molecule has 10 heteroatoms. The normalized spacial score (nSPS) is 10.6. The summed E-state index contributed by atoms with van der Waals surface area (Å²) in [6, 6.07) is 12.4. The van der Waals surface area contributed by atoms with E-state index in [9.17, 15) is 9.59 Å². The van der Waals surface area contributed by atoms with Gasteiger partial charge in [-0.3, -0.25) is 9.59 Å². The third-order valence-electron chi connectivity index (χ3n) is 4.67. The Morgan fingerprint density at radius 1 is 1.15 bits per heavy atom. The summed E-state index contributed by atoms with van der Waals surface area (Å²) in [5, 5.41) is 15.2. The minimum absolute atomic E-state index is 0.0325. The first-order valence-electron chi connectivity index (χ1n) is 10.6. The number of hydrogen-bond donors (Lipinski definition) is 2. The van der Waals surface area contributed by atoms with Crippen molar-refractivity contribution in [2.45, 2.75) is 32.0 Å². The van der Waals surface area contributed by atoms with Crippen LogP contribution in [0.5, 0.6) is 5.75 Å². The molecule has 0 bridgehead atoms. The average molecular weight is 500 g/mol. The van der Waals surface area contributed by atoms with Crippen LogP contribution in [0.25, 0.3) is 0 Å². The first-order valence-corrected chi connectivity index (χ1v) is 12.0. The molecule has 3 rings (SSSR count). The van der Waals surface area contributed by atoms with Crippen LogP contribution in [0.3, 0.4) is 0 Å². The molecule has 0 aliphatic carbocycles. The smallest absolute Gasteiger partial charge is 0.234 e. The van der Waals surface area contributed by atoms with Crippen LogP contribution in [-0.4, -0.2) is 38.9 Å². The van der Waals surface area contributed by atoms with E-state index in [2.05, 4.69) is 27.4 Å². The third kappa shape index (κ3) is 7.10. The largest absolute Gasteiger partial charge is 0.494 e. The van der Waals surface area contributed by atoms with Crippen molar-refractivity contribution in [3.8, 4) is 5.75 Å². The van der Waals surface area contributed by atoms with Crippen molar-refractivity contribution in [3.63, 3.8) is 0 Å². The van der Waals surface area contributed by atoms with E-state index in [0.29, 0.717) is 40.5 Å². The number of carbonyl (C=O) groups excluding carboxylic acids is 2. The van der Waals surface area contributed by atoms with E-state index < -0.39 is 0 Å². The lowest BCUT2D eigenvalue weighted by Gasteiger charge is -2.10. The third-order valence-corrected chi connectivity index (χ3v) is 5.87. The summed E-state index contributed by atoms with van der Waals surface area (Å²) in [5.74, 6) is 0.950. The minimum Gasteiger partial charge on any atom is -0.494 e. The van der Waals surface area contributed by atoms with Gasteiger partial charge in [-0.2, -0.15) is 0 Å². The Morgan fingerprint density at radius 3 is 2.59 bits per heavy atom. The molecule has 0 saturated carbocycles. The summed E-state index contributed by atoms with van der Waals surface area (Å²) in [7, 11) is 0. The Labute approximate surface area is 207 Å². The molecule has 2 amide bonds. The second-order valence-electron chi connectivity index (χ2n) is 7.28. The summed E-state index contributed by atoms with van der Waals surface area (Å²) in [6.45, 7) is 8.55. The summed E-state index contributed by atoms with van der Waals surface area (Å²) in [5.41, 5.74) is 2.24. The van der Waals surface area contributed by atoms with Crippen molar-refractivity contribution < 1.29 is 14.3 Å². The van der Waals surface area contributed by atoms with Gasteiger partial charge in [-0.1, -0.05) is 29.4 Å². The number of rotatable bonds is 11. The standard InChI is InChI=1S/C24H26ClN5O3S/c1-4-12-30-21(14-22(31)26-18-7-9-19(10-8-18)33-5-2)28-29-24(30)34-15-23(32)27-20-11-6-17(25)13-16(20)3/h4,6-11,13H,1,5,12,14-15H2,2-3H3,(H,26,31)(H,27,32). The van der Waals surface area contributed by atoms with E-state index >= 15 is 0 Å². The van der Waals surface area contributed by atoms with E-state index in [1.807, 2.05) is 13.8 Å². The molecule has 0 aliphatic heterocycles. The van der Waals surface area contributed by atoms with E-state index in [4.69, 9.17) is 16.3 Å². The monoisotopic (exact) mass is 499 g/mol. The Kier molecular flexibility index (Phi) is 9.12. The first kappa shape index (κ1) is 25.3. The van der Waals surface area contributed by atoms with Crippen molar-refractivity contribution in [1.82, 2.24) is 14.8 Å². The topological polar surface area (TPSA) is 98.1 Å². The minimum atomic E-state index is -0.227. The fraction of sp³-hybridized carbons (Fsp3) is 0.250. The Morgan fingerprint density at radius 2 is 1.91 bits per heavy atom. The molecular formula is C24H26ClN5O3S. The zero-order valence-corrected chi connectivity index (χ0v) is 20.6. The summed E-state index contributed by atoms with van der Waals surface area (Å²) < 4.78 is 7.18. The number of halogens is 1. The number of nitrogens with one attached hydrogen (secondary N) is 2. The highest BCUT2D eigenvalue weighted by atomic mass is 35.5. The van der Waals surface area contributed by atoms with Crippen LogP contribution in [0.1, 0.15) is 18.3 Å². The van der Waals surface area contributed by atoms with E-state index in [1.165, 1.54) is 11.8 Å². The van der Waals surface area contributed by atoms with Gasteiger partial charge in [0.1, 0.15) is 11.6 Å². The average Bonchev–Trinajstić information content (AvgIpc) is 3.17. The molecule has 0 atom stereocenters. The van der Waals surface area contributed by atoms with Gasteiger partial charge in [0, 0.05) is 22.9 Å². The van der Waals surface area contributed by atoms with Gasteiger partial charge < -0.3 is 19.9 Å². The number of benzene rings is 2. The van der Waals surface area contributed by atoms with E-state index in [1.54, 1.807) is 53.1 Å². The number of aromatic nitrogens is 3. The predicted octanol–water partition coefficient (Wildman–Crippen LogP) is 4.74. The molecule has 8 nitrogen and oxygen atoms in total. The Bertz CT molecular complexity index is 1160. The zero-order valence-electron chi connectivity index (χ0n) is 19.0. The van der Waals surface area contributed by atoms with Crippen LogP contribution in [0.15, 0.2) is 60.3 Å². The molecular weight excluding hydrogens is 474 g/mol. The summed E-state index contributed by atoms with van der Waals surface area (Å²) in [6.07, 6.45) is 1.73. The van der Waals surface area contributed by atoms with Gasteiger partial charge in [-0.15, -0.1) is 16.8 Å². The number of anilines is 2. The first-order chi connectivity index (χ1) is 16.4. The molecule has 0 fully saturated rings. The Hall–Kier alpha value is -3.30. The van der Waals surface area contributed by atoms with Crippen LogP contribution in [0.2, 0.25) is 5.02 Å². The molecule has 3 aromatic rings. The summed E-state index contributed by atoms with van der Waals surface area (Å²) >= 11 is 7.21. The highest BCUT2D eigenvalue weighted by Gasteiger charge is 2.17. The lowest BCUT2D eigenvalue weighted by Crippen LogP contribution is -2.18. The van der Waals surface area contributed by atoms with Crippen molar-refractivity contribution in [1.29, 1.82) is 0 Å². The number of nitrogens with zero attached hydrogens (tertiary/aromatic N) is 3. The zero-order chi connectivity index (χ0) is 24.5. The number of thioether (sulfide) groups is 1. The van der Waals surface area contributed by atoms with Crippen molar-refractivity contribution in [2.75, 3.05) is 23.0 Å². The number of amides is 2. The molecule has 178 valence electrons. The van der Waals surface area contributed by atoms with Crippen molar-refractivity contribution in [2.24, 2.45) is 0 Å². The lowest BCUT2D eigenvalue weighted by atomic mass is 10.2. The number of ether oxygens (including phenoxy) is 1. The van der Waals surface area contributed by atoms with Crippen LogP contribution >= 0.6 is 23.4 Å². The van der Waals surface area contributed by atoms with Crippen LogP contribution in [0.4, 0.5) is 11.4 Å². The maximum Gasteiger partial charge on any atom is 0.234 e. The summed E-state index contributed by atoms with van der Waals surface area (Å²) in [4.78, 5) is 25.0. The van der Waals surface area contributed by atoms with Gasteiger partial charge in [0.05, 0.1) is 18.8 Å². The van der Waals surface area contributed by atoms with Gasteiger partial charge in [0.2, 0.25) is 11.8 Å². The second-order valence-corrected chi connectivity index (χ2v) is 8.66. The fourth-order valence-electron chi connectivity index (χ4n) is 3.10. The molecule has 2 aromatic carbocycles. The maximum absolute atomic E-state index is 12.6. The highest BCUT2D eigenvalue weighted by molar-refractivity contribution is 7.99. The van der Waals surface area contributed by atoms with E-state index in [0.717, 1.165) is 11.3 Å². The highest BCUT2D eigenvalue weighted by Crippen LogP contribution is 2.22. The molecule has 0 spiro atoms. The lowest BCUT2D eigenvalue weighted by molar-refractivity contribution is -0.116. The van der Waals surface area contributed by atoms with Gasteiger partial charge in [0.25, 0.3) is 0 Å². The van der Waals surface area contributed by atoms with Gasteiger partial charge >= 0.3 is 0 Å². The van der Waals surface area contributed by atoms with Crippen LogP contribution in [0, 0.1) is 6.92 Å². The van der Waals surface area contributed by atoms with Crippen molar-refractivity contribution in [3.05, 3.63) is 71.5 Å². The molecule has 34 heavy (non-hydrogen) atoms. The van der Waals surface area contributed by atoms with Gasteiger partial charge in [-0.05, 0) is 61.9 Å². The SMILES string of the molecule is C=CCn1c(CC(=O)Nc2ccc(OCC)cc2)nnc1SCC(=O)Nc1ccc(Cl)cc1C. The molecule has 0 saturated heterocycles. The molecule has 0 aliphatic rings. The molecule has 1 heterocycles. The number of hydrogen-bond acceptors (Lipinski definition) is 6. The molecule has 0 radical (unpaired) electrons. The predicted molar refractivity (Wildman–Crippen MR) is 136 cm³/mol. The Balaban J connectivity index is 1.60. The molecule has 2 N–H and O–H groups in total. The van der Waals surface area contributed by atoms with Crippen molar-refractivity contribution >= 4 is 46.6 Å². The number of allylic oxidation sites excluding steroid dienone is 1. The molecule has 0 unspecified atom stereocenters. The number of aryl methyl sites for hydroxylation is 1.